The molecule has 12 heavy (non-hydrogen) atoms. The maximum atomic E-state index is 2.79. The molecule has 0 bridgehead atoms. The third-order valence-corrected chi connectivity index (χ3v) is 15.5. The summed E-state index contributed by atoms with van der Waals surface area (Å²) in [5, 5.41) is 0. The molecule has 0 saturated heterocycles. The molecule has 2 unspecified atom stereocenters. The molecule has 76 valence electrons. The zero-order chi connectivity index (χ0) is 9.52. The van der Waals surface area contributed by atoms with E-state index < -0.39 is 14.5 Å². The molecule has 1 aliphatic rings. The van der Waals surface area contributed by atoms with E-state index in [9.17, 15) is 0 Å². The van der Waals surface area contributed by atoms with Crippen molar-refractivity contribution in [2.45, 2.75) is 28.1 Å². The molecule has 0 amide bonds. The molecule has 0 heterocycles. The van der Waals surface area contributed by atoms with Crippen LogP contribution < -0.4 is 14.5 Å². The van der Waals surface area contributed by atoms with Crippen molar-refractivity contribution in [2.75, 3.05) is 9.86 Å². The van der Waals surface area contributed by atoms with Crippen molar-refractivity contribution in [3.05, 3.63) is 0 Å². The van der Waals surface area contributed by atoms with E-state index in [2.05, 4.69) is 64.9 Å². The summed E-state index contributed by atoms with van der Waals surface area (Å²) in [6, 6.07) is 0. The van der Waals surface area contributed by atoms with E-state index in [0.717, 1.165) is 19.7 Å². The zero-order valence-corrected chi connectivity index (χ0v) is 14.6. The van der Waals surface area contributed by atoms with Gasteiger partial charge < -0.3 is 0 Å². The summed E-state index contributed by atoms with van der Waals surface area (Å²) in [4.78, 5) is 5.10. The Bertz CT molecular complexity index is 162. The van der Waals surface area contributed by atoms with Crippen LogP contribution in [0.3, 0.4) is 0 Å². The van der Waals surface area contributed by atoms with E-state index in [0.29, 0.717) is 0 Å². The van der Waals surface area contributed by atoms with Crippen LogP contribution in [0.4, 0.5) is 0 Å². The van der Waals surface area contributed by atoms with Crippen LogP contribution in [-0.4, -0.2) is 17.7 Å². The molecular formula is C9H18I3-. The number of hydrogen-bond donors (Lipinski definition) is 0. The van der Waals surface area contributed by atoms with Crippen molar-refractivity contribution < 1.29 is 14.5 Å². The number of halogens is 3. The quantitative estimate of drug-likeness (QED) is 0.361. The van der Waals surface area contributed by atoms with Crippen LogP contribution in [0.1, 0.15) is 20.3 Å². The van der Waals surface area contributed by atoms with Crippen molar-refractivity contribution in [1.82, 2.24) is 0 Å². The fourth-order valence-electron chi connectivity index (χ4n) is 1.84. The standard InChI is InChI=1S/C9H18I3/c1-6-5-8(12(3,4)11)9(10)7(6)2/h6-9H,5H2,1-4H3/q-1/t6-,7+,8?,9?/m0/s1. The summed E-state index contributed by atoms with van der Waals surface area (Å²) in [5.41, 5.74) is 0. The van der Waals surface area contributed by atoms with Gasteiger partial charge in [0.2, 0.25) is 0 Å². The summed E-state index contributed by atoms with van der Waals surface area (Å²) < 4.78 is 2.05. The van der Waals surface area contributed by atoms with Crippen LogP contribution in [0.5, 0.6) is 0 Å². The number of hydrogen-bond acceptors (Lipinski definition) is 0. The normalized spacial score (nSPS) is 44.8. The molecule has 1 aliphatic carbocycles. The fraction of sp³-hybridized carbons (Fsp3) is 1.00. The molecule has 0 aromatic carbocycles. The Balaban J connectivity index is 2.71. The van der Waals surface area contributed by atoms with Gasteiger partial charge in [-0.1, -0.05) is 0 Å². The van der Waals surface area contributed by atoms with Crippen LogP contribution in [0.2, 0.25) is 0 Å². The molecule has 3 heteroatoms. The summed E-state index contributed by atoms with van der Waals surface area (Å²) in [6.45, 7) is 4.87. The minimum atomic E-state index is -1.32. The van der Waals surface area contributed by atoms with Crippen molar-refractivity contribution in [3.8, 4) is 0 Å². The first kappa shape index (κ1) is 12.3. The molecule has 0 aromatic heterocycles. The van der Waals surface area contributed by atoms with E-state index in [4.69, 9.17) is 0 Å². The van der Waals surface area contributed by atoms with Gasteiger partial charge in [0.25, 0.3) is 0 Å². The van der Waals surface area contributed by atoms with Gasteiger partial charge in [0.1, 0.15) is 0 Å². The van der Waals surface area contributed by atoms with Crippen molar-refractivity contribution in [1.29, 1.82) is 0 Å². The topological polar surface area (TPSA) is 0 Å². The second-order valence-electron chi connectivity index (χ2n) is 4.22. The minimum absolute atomic E-state index is 0.952. The van der Waals surface area contributed by atoms with Gasteiger partial charge in [-0.05, 0) is 0 Å². The van der Waals surface area contributed by atoms with Gasteiger partial charge in [-0.2, -0.15) is 0 Å². The Morgan fingerprint density at radius 2 is 1.75 bits per heavy atom. The molecular weight excluding hydrogens is 489 g/mol. The monoisotopic (exact) mass is 507 g/mol. The van der Waals surface area contributed by atoms with E-state index in [1.165, 1.54) is 6.42 Å². The molecule has 4 atom stereocenters. The van der Waals surface area contributed by atoms with E-state index in [1.54, 1.807) is 0 Å². The van der Waals surface area contributed by atoms with Crippen molar-refractivity contribution >= 4 is 41.2 Å². The number of alkyl halides is 4. The average Bonchev–Trinajstić information content (AvgIpc) is 2.15. The summed E-state index contributed by atoms with van der Waals surface area (Å²) >= 11 is 4.17. The van der Waals surface area contributed by atoms with E-state index >= 15 is 0 Å². The Labute approximate surface area is 104 Å². The second-order valence-corrected chi connectivity index (χ2v) is 28.1. The third kappa shape index (κ3) is 2.61. The second kappa shape index (κ2) is 4.37. The van der Waals surface area contributed by atoms with Crippen LogP contribution in [0.25, 0.3) is 0 Å². The van der Waals surface area contributed by atoms with Gasteiger partial charge in [0, 0.05) is 0 Å². The Morgan fingerprint density at radius 3 is 1.92 bits per heavy atom. The molecule has 0 aliphatic heterocycles. The third-order valence-electron chi connectivity index (χ3n) is 3.01. The summed E-state index contributed by atoms with van der Waals surface area (Å²) in [7, 11) is 0. The Kier molecular flexibility index (Phi) is 4.46. The average molecular weight is 507 g/mol. The predicted octanol–water partition coefficient (Wildman–Crippen LogP) is 0.604. The van der Waals surface area contributed by atoms with Gasteiger partial charge in [-0.3, -0.25) is 0 Å². The SMILES string of the molecule is C[C@H]1CC([I-](C)(C)I)C(I)[C@@H]1C. The molecule has 0 radical (unpaired) electrons. The van der Waals surface area contributed by atoms with E-state index in [-0.39, 0.29) is 0 Å². The van der Waals surface area contributed by atoms with E-state index in [1.807, 2.05) is 0 Å². The van der Waals surface area contributed by atoms with Gasteiger partial charge in [-0.15, -0.1) is 0 Å². The number of rotatable bonds is 1. The molecule has 1 rings (SSSR count). The van der Waals surface area contributed by atoms with Crippen LogP contribution >= 0.6 is 41.2 Å². The van der Waals surface area contributed by atoms with Crippen molar-refractivity contribution in [2.24, 2.45) is 11.8 Å². The fourth-order valence-corrected chi connectivity index (χ4v) is 18.4. The van der Waals surface area contributed by atoms with Gasteiger partial charge >= 0.3 is 105 Å². The maximum absolute atomic E-state index is 2.79. The molecule has 0 N–H and O–H groups in total. The Hall–Kier alpha value is 2.19. The van der Waals surface area contributed by atoms with Crippen LogP contribution in [0.15, 0.2) is 0 Å². The van der Waals surface area contributed by atoms with Crippen molar-refractivity contribution in [3.63, 3.8) is 0 Å². The van der Waals surface area contributed by atoms with Gasteiger partial charge in [0.15, 0.2) is 0 Å². The molecule has 1 saturated carbocycles. The predicted molar refractivity (Wildman–Crippen MR) is 70.4 cm³/mol. The first-order valence-corrected chi connectivity index (χ1v) is 17.4. The first-order valence-electron chi connectivity index (χ1n) is 4.31. The van der Waals surface area contributed by atoms with Crippen LogP contribution in [0, 0.1) is 11.8 Å². The summed E-state index contributed by atoms with van der Waals surface area (Å²) in [5.74, 6) is 1.92. The molecule has 0 nitrogen and oxygen atoms in total. The van der Waals surface area contributed by atoms with Gasteiger partial charge in [-0.25, -0.2) is 0 Å². The Morgan fingerprint density at radius 1 is 1.25 bits per heavy atom. The molecule has 0 spiro atoms. The summed E-state index contributed by atoms with van der Waals surface area (Å²) in [6.07, 6.45) is 1.50. The van der Waals surface area contributed by atoms with Gasteiger partial charge in [0.05, 0.1) is 0 Å². The zero-order valence-electron chi connectivity index (χ0n) is 8.15. The molecule has 1 fully saturated rings. The molecule has 0 aromatic rings. The first-order chi connectivity index (χ1) is 5.34. The van der Waals surface area contributed by atoms with Crippen LogP contribution in [-0.2, 0) is 0 Å².